The number of hydrogen-bond acceptors (Lipinski definition) is 6. The normalized spacial score (nSPS) is 22.0. The maximum Gasteiger partial charge on any atom is 0.191 e. The molecule has 2 atom stereocenters. The molecule has 6 nitrogen and oxygen atoms in total. The summed E-state index contributed by atoms with van der Waals surface area (Å²) in [5.41, 5.74) is 7.90. The summed E-state index contributed by atoms with van der Waals surface area (Å²) in [5.74, 6) is -0.0390. The molecule has 4 rings (SSSR count). The highest BCUT2D eigenvalue weighted by atomic mass is 16.5. The SMILES string of the molecule is COc1ccc([C@@H]2[C@@H]3CN(Cc4ccccc4)CC=C3C(C#N)=C(N)C2(C#N)C#N)cc1. The smallest absolute Gasteiger partial charge is 0.191 e. The molecule has 6 heteroatoms. The molecule has 0 amide bonds. The van der Waals surface area contributed by atoms with E-state index >= 15 is 0 Å². The van der Waals surface area contributed by atoms with Crippen molar-refractivity contribution in [1.82, 2.24) is 4.90 Å². The van der Waals surface area contributed by atoms with Gasteiger partial charge in [-0.05, 0) is 28.8 Å². The monoisotopic (exact) mass is 421 g/mol. The van der Waals surface area contributed by atoms with Crippen LogP contribution in [-0.4, -0.2) is 25.1 Å². The minimum absolute atomic E-state index is 0.0461. The van der Waals surface area contributed by atoms with E-state index in [4.69, 9.17) is 10.5 Å². The summed E-state index contributed by atoms with van der Waals surface area (Å²) in [6.07, 6.45) is 2.03. The third-order valence-electron chi connectivity index (χ3n) is 6.46. The van der Waals surface area contributed by atoms with Crippen LogP contribution in [0, 0.1) is 45.3 Å². The summed E-state index contributed by atoms with van der Waals surface area (Å²) < 4.78 is 5.28. The van der Waals surface area contributed by atoms with Gasteiger partial charge in [-0.2, -0.15) is 15.8 Å². The van der Waals surface area contributed by atoms with Gasteiger partial charge in [0.1, 0.15) is 11.8 Å². The van der Waals surface area contributed by atoms with Crippen LogP contribution in [0.15, 0.2) is 77.5 Å². The van der Waals surface area contributed by atoms with Crippen LogP contribution in [0.2, 0.25) is 0 Å². The summed E-state index contributed by atoms with van der Waals surface area (Å²) >= 11 is 0. The Morgan fingerprint density at radius 1 is 1.06 bits per heavy atom. The lowest BCUT2D eigenvalue weighted by atomic mass is 9.58. The molecule has 1 heterocycles. The van der Waals surface area contributed by atoms with Crippen LogP contribution in [0.1, 0.15) is 17.0 Å². The van der Waals surface area contributed by atoms with Gasteiger partial charge in [-0.1, -0.05) is 48.5 Å². The fourth-order valence-electron chi connectivity index (χ4n) is 4.90. The molecule has 0 unspecified atom stereocenters. The molecular weight excluding hydrogens is 398 g/mol. The second-order valence-corrected chi connectivity index (χ2v) is 8.13. The second-order valence-electron chi connectivity index (χ2n) is 8.13. The number of allylic oxidation sites excluding steroid dienone is 2. The third kappa shape index (κ3) is 3.40. The number of hydrogen-bond donors (Lipinski definition) is 1. The molecular formula is C26H23N5O. The van der Waals surface area contributed by atoms with Gasteiger partial charge in [0.15, 0.2) is 5.41 Å². The van der Waals surface area contributed by atoms with E-state index in [0.29, 0.717) is 18.8 Å². The predicted octanol–water partition coefficient (Wildman–Crippen LogP) is 3.62. The highest BCUT2D eigenvalue weighted by Gasteiger charge is 2.54. The Labute approximate surface area is 188 Å². The molecule has 2 N–H and O–H groups in total. The zero-order chi connectivity index (χ0) is 22.7. The second kappa shape index (κ2) is 8.60. The minimum Gasteiger partial charge on any atom is -0.497 e. The van der Waals surface area contributed by atoms with Crippen molar-refractivity contribution in [2.75, 3.05) is 20.2 Å². The third-order valence-corrected chi connectivity index (χ3v) is 6.46. The lowest BCUT2D eigenvalue weighted by Crippen LogP contribution is -2.47. The largest absolute Gasteiger partial charge is 0.497 e. The fraction of sp³-hybridized carbons (Fsp3) is 0.269. The molecule has 2 aliphatic rings. The van der Waals surface area contributed by atoms with E-state index in [0.717, 1.165) is 17.7 Å². The zero-order valence-corrected chi connectivity index (χ0v) is 17.8. The number of nitrogens with two attached hydrogens (primary N) is 1. The first-order valence-electron chi connectivity index (χ1n) is 10.4. The molecule has 1 aliphatic heterocycles. The fourth-order valence-corrected chi connectivity index (χ4v) is 4.90. The zero-order valence-electron chi connectivity index (χ0n) is 17.8. The first kappa shape index (κ1) is 21.2. The summed E-state index contributed by atoms with van der Waals surface area (Å²) in [4.78, 5) is 2.27. The van der Waals surface area contributed by atoms with Gasteiger partial charge in [0, 0.05) is 31.5 Å². The van der Waals surface area contributed by atoms with E-state index < -0.39 is 11.3 Å². The van der Waals surface area contributed by atoms with Crippen LogP contribution in [0.4, 0.5) is 0 Å². The predicted molar refractivity (Wildman–Crippen MR) is 120 cm³/mol. The number of fused-ring (bicyclic) bond motifs is 1. The van der Waals surface area contributed by atoms with Crippen molar-refractivity contribution in [2.24, 2.45) is 17.1 Å². The number of nitriles is 3. The van der Waals surface area contributed by atoms with E-state index in [-0.39, 0.29) is 17.2 Å². The maximum atomic E-state index is 10.2. The molecule has 0 saturated carbocycles. The van der Waals surface area contributed by atoms with Crippen LogP contribution in [0.3, 0.4) is 0 Å². The first-order chi connectivity index (χ1) is 15.6. The molecule has 32 heavy (non-hydrogen) atoms. The highest BCUT2D eigenvalue weighted by molar-refractivity contribution is 5.59. The lowest BCUT2D eigenvalue weighted by molar-refractivity contribution is 0.201. The molecule has 0 saturated heterocycles. The Morgan fingerprint density at radius 3 is 2.34 bits per heavy atom. The number of benzene rings is 2. The summed E-state index contributed by atoms with van der Waals surface area (Å²) in [6, 6.07) is 24.1. The Morgan fingerprint density at radius 2 is 1.75 bits per heavy atom. The van der Waals surface area contributed by atoms with Crippen LogP contribution in [-0.2, 0) is 6.54 Å². The van der Waals surface area contributed by atoms with Crippen molar-refractivity contribution in [2.45, 2.75) is 12.5 Å². The minimum atomic E-state index is -1.63. The number of rotatable bonds is 4. The molecule has 1 aliphatic carbocycles. The Balaban J connectivity index is 1.83. The summed E-state index contributed by atoms with van der Waals surface area (Å²) in [7, 11) is 1.59. The maximum absolute atomic E-state index is 10.2. The van der Waals surface area contributed by atoms with Gasteiger partial charge in [0.05, 0.1) is 30.5 Å². The van der Waals surface area contributed by atoms with E-state index in [2.05, 4.69) is 35.2 Å². The molecule has 0 radical (unpaired) electrons. The Kier molecular flexibility index (Phi) is 5.69. The molecule has 2 aromatic rings. The van der Waals surface area contributed by atoms with Crippen molar-refractivity contribution < 1.29 is 4.74 Å². The van der Waals surface area contributed by atoms with Crippen LogP contribution >= 0.6 is 0 Å². The summed E-state index contributed by atoms with van der Waals surface area (Å²) in [6.45, 7) is 2.02. The topological polar surface area (TPSA) is 110 Å². The molecule has 0 aromatic heterocycles. The number of methoxy groups -OCH3 is 1. The van der Waals surface area contributed by atoms with Crippen LogP contribution in [0.25, 0.3) is 0 Å². The molecule has 0 bridgehead atoms. The van der Waals surface area contributed by atoms with E-state index in [1.807, 2.05) is 48.5 Å². The number of ether oxygens (including phenoxy) is 1. The Hall–Kier alpha value is -4.05. The molecule has 158 valence electrons. The average Bonchev–Trinajstić information content (AvgIpc) is 2.84. The quantitative estimate of drug-likeness (QED) is 0.807. The molecule has 0 spiro atoms. The van der Waals surface area contributed by atoms with Gasteiger partial charge in [-0.3, -0.25) is 4.90 Å². The molecule has 2 aromatic carbocycles. The van der Waals surface area contributed by atoms with Gasteiger partial charge in [-0.25, -0.2) is 0 Å². The summed E-state index contributed by atoms with van der Waals surface area (Å²) in [5, 5.41) is 30.3. The first-order valence-corrected chi connectivity index (χ1v) is 10.4. The van der Waals surface area contributed by atoms with Gasteiger partial charge in [0.25, 0.3) is 0 Å². The van der Waals surface area contributed by atoms with Gasteiger partial charge < -0.3 is 10.5 Å². The lowest BCUT2D eigenvalue weighted by Gasteiger charge is -2.45. The van der Waals surface area contributed by atoms with Gasteiger partial charge in [-0.15, -0.1) is 0 Å². The van der Waals surface area contributed by atoms with Crippen LogP contribution in [0.5, 0.6) is 5.75 Å². The van der Waals surface area contributed by atoms with Gasteiger partial charge >= 0.3 is 0 Å². The Bertz CT molecular complexity index is 1180. The van der Waals surface area contributed by atoms with Crippen molar-refractivity contribution in [3.63, 3.8) is 0 Å². The number of nitrogens with zero attached hydrogens (tertiary/aromatic N) is 4. The average molecular weight is 422 g/mol. The van der Waals surface area contributed by atoms with Crippen molar-refractivity contribution in [3.05, 3.63) is 88.6 Å². The van der Waals surface area contributed by atoms with E-state index in [1.54, 1.807) is 7.11 Å². The van der Waals surface area contributed by atoms with Crippen molar-refractivity contribution >= 4 is 0 Å². The highest BCUT2D eigenvalue weighted by Crippen LogP contribution is 2.54. The molecule has 0 fully saturated rings. The van der Waals surface area contributed by atoms with Gasteiger partial charge in [0.2, 0.25) is 0 Å². The standard InChI is InChI=1S/C26H23N5O/c1-32-20-9-7-19(8-10-20)24-23-15-31(14-18-5-3-2-4-6-18)12-11-21(23)22(13-27)25(30)26(24,16-28)17-29/h2-11,23-24H,12,14-15,30H2,1H3/t23-,24-/m1/s1. The van der Waals surface area contributed by atoms with E-state index in [9.17, 15) is 15.8 Å². The van der Waals surface area contributed by atoms with Crippen LogP contribution < -0.4 is 10.5 Å². The van der Waals surface area contributed by atoms with E-state index in [1.165, 1.54) is 5.56 Å². The van der Waals surface area contributed by atoms with Crippen molar-refractivity contribution in [1.29, 1.82) is 15.8 Å². The van der Waals surface area contributed by atoms with Crippen molar-refractivity contribution in [3.8, 4) is 24.0 Å².